The molecule has 3 nitrogen and oxygen atoms in total. The molecule has 1 N–H and O–H groups in total. The van der Waals surface area contributed by atoms with E-state index in [4.69, 9.17) is 0 Å². The minimum Gasteiger partial charge on any atom is -0.481 e. The Hall–Kier alpha value is -0.570. The molecule has 0 radical (unpaired) electrons. The van der Waals surface area contributed by atoms with Gasteiger partial charge in [-0.1, -0.05) is 44.9 Å². The molecule has 0 atom stereocenters. The third-order valence-corrected chi connectivity index (χ3v) is 4.99. The molecule has 2 fully saturated rings. The van der Waals surface area contributed by atoms with Crippen molar-refractivity contribution in [2.24, 2.45) is 5.41 Å². The molecular weight excluding hydrogens is 238 g/mol. The summed E-state index contributed by atoms with van der Waals surface area (Å²) in [7, 11) is 0. The lowest BCUT2D eigenvalue weighted by Gasteiger charge is -2.35. The van der Waals surface area contributed by atoms with E-state index < -0.39 is 11.4 Å². The minimum atomic E-state index is -0.545. The highest BCUT2D eigenvalue weighted by molar-refractivity contribution is 5.75. The maximum Gasteiger partial charge on any atom is 0.310 e. The van der Waals surface area contributed by atoms with Crippen molar-refractivity contribution >= 4 is 5.97 Å². The van der Waals surface area contributed by atoms with Gasteiger partial charge in [-0.3, -0.25) is 4.79 Å². The highest BCUT2D eigenvalue weighted by atomic mass is 16.4. The third kappa shape index (κ3) is 4.20. The SMILES string of the molecule is O=C(O)C1(CN2CCCCCCC2)CCCCCC1. The number of nitrogens with zero attached hydrogens (tertiary/aromatic N) is 1. The quantitative estimate of drug-likeness (QED) is 0.793. The van der Waals surface area contributed by atoms with Gasteiger partial charge in [0.05, 0.1) is 5.41 Å². The van der Waals surface area contributed by atoms with Crippen LogP contribution in [0, 0.1) is 5.41 Å². The number of hydrogen-bond donors (Lipinski definition) is 1. The Morgan fingerprint density at radius 2 is 1.32 bits per heavy atom. The molecule has 0 aromatic rings. The van der Waals surface area contributed by atoms with Crippen molar-refractivity contribution in [3.8, 4) is 0 Å². The van der Waals surface area contributed by atoms with Crippen LogP contribution in [0.25, 0.3) is 0 Å². The van der Waals surface area contributed by atoms with Gasteiger partial charge in [-0.05, 0) is 38.8 Å². The first-order valence-electron chi connectivity index (χ1n) is 8.19. The number of rotatable bonds is 3. The zero-order valence-corrected chi connectivity index (χ0v) is 12.2. The van der Waals surface area contributed by atoms with Crippen molar-refractivity contribution in [3.63, 3.8) is 0 Å². The molecular formula is C16H29NO2. The summed E-state index contributed by atoms with van der Waals surface area (Å²) < 4.78 is 0. The normalized spacial score (nSPS) is 26.1. The first-order chi connectivity index (χ1) is 9.23. The fraction of sp³-hybridized carbons (Fsp3) is 0.938. The lowest BCUT2D eigenvalue weighted by atomic mass is 9.79. The smallest absolute Gasteiger partial charge is 0.310 e. The minimum absolute atomic E-state index is 0.449. The fourth-order valence-corrected chi connectivity index (χ4v) is 3.74. The molecule has 110 valence electrons. The molecule has 0 spiro atoms. The summed E-state index contributed by atoms with van der Waals surface area (Å²) in [6.45, 7) is 3.01. The molecule has 0 unspecified atom stereocenters. The van der Waals surface area contributed by atoms with Gasteiger partial charge in [-0.25, -0.2) is 0 Å². The van der Waals surface area contributed by atoms with Crippen molar-refractivity contribution in [2.75, 3.05) is 19.6 Å². The average Bonchev–Trinajstić information content (AvgIpc) is 2.59. The first-order valence-corrected chi connectivity index (χ1v) is 8.19. The monoisotopic (exact) mass is 267 g/mol. The molecule has 0 aromatic heterocycles. The van der Waals surface area contributed by atoms with Crippen LogP contribution in [0.1, 0.15) is 70.6 Å². The van der Waals surface area contributed by atoms with Crippen molar-refractivity contribution in [1.82, 2.24) is 4.90 Å². The number of aliphatic carboxylic acids is 1. The molecule has 19 heavy (non-hydrogen) atoms. The molecule has 2 aliphatic rings. The lowest BCUT2D eigenvalue weighted by molar-refractivity contribution is -0.151. The van der Waals surface area contributed by atoms with E-state index in [-0.39, 0.29) is 0 Å². The number of carboxylic acid groups (broad SMARTS) is 1. The summed E-state index contributed by atoms with van der Waals surface area (Å²) in [5.74, 6) is -0.545. The maximum absolute atomic E-state index is 11.8. The van der Waals surface area contributed by atoms with Crippen LogP contribution in [0.5, 0.6) is 0 Å². The van der Waals surface area contributed by atoms with Crippen LogP contribution in [0.4, 0.5) is 0 Å². The Bertz CT molecular complexity index is 274. The van der Waals surface area contributed by atoms with E-state index in [2.05, 4.69) is 4.90 Å². The Balaban J connectivity index is 1.99. The standard InChI is InChI=1S/C16H29NO2/c18-15(19)16(10-6-2-3-7-11-16)14-17-12-8-4-1-5-9-13-17/h1-14H2,(H,18,19). The molecule has 1 heterocycles. The van der Waals surface area contributed by atoms with Crippen LogP contribution in [-0.2, 0) is 4.79 Å². The Morgan fingerprint density at radius 3 is 1.84 bits per heavy atom. The molecule has 1 aliphatic carbocycles. The van der Waals surface area contributed by atoms with E-state index in [0.29, 0.717) is 0 Å². The molecule has 2 rings (SSSR count). The second-order valence-corrected chi connectivity index (χ2v) is 6.54. The van der Waals surface area contributed by atoms with Gasteiger partial charge in [0.15, 0.2) is 0 Å². The van der Waals surface area contributed by atoms with Crippen molar-refractivity contribution < 1.29 is 9.90 Å². The molecule has 1 saturated heterocycles. The van der Waals surface area contributed by atoms with E-state index in [1.165, 1.54) is 44.9 Å². The van der Waals surface area contributed by atoms with E-state index in [9.17, 15) is 9.90 Å². The molecule has 0 aromatic carbocycles. The number of carboxylic acids is 1. The van der Waals surface area contributed by atoms with Gasteiger partial charge < -0.3 is 10.0 Å². The summed E-state index contributed by atoms with van der Waals surface area (Å²) >= 11 is 0. The van der Waals surface area contributed by atoms with Gasteiger partial charge in [0, 0.05) is 6.54 Å². The molecule has 3 heteroatoms. The van der Waals surface area contributed by atoms with Crippen LogP contribution in [0.15, 0.2) is 0 Å². The zero-order valence-electron chi connectivity index (χ0n) is 12.2. The Labute approximate surface area is 117 Å². The number of hydrogen-bond acceptors (Lipinski definition) is 2. The second kappa shape index (κ2) is 7.28. The highest BCUT2D eigenvalue weighted by Gasteiger charge is 2.39. The summed E-state index contributed by atoms with van der Waals surface area (Å²) in [5.41, 5.74) is -0.449. The Kier molecular flexibility index (Phi) is 5.68. The van der Waals surface area contributed by atoms with Crippen molar-refractivity contribution in [3.05, 3.63) is 0 Å². The fourth-order valence-electron chi connectivity index (χ4n) is 3.74. The molecule has 0 bridgehead atoms. The first kappa shape index (κ1) is 14.8. The summed E-state index contributed by atoms with van der Waals surface area (Å²) in [5, 5.41) is 9.74. The molecule has 1 saturated carbocycles. The third-order valence-electron chi connectivity index (χ3n) is 4.99. The maximum atomic E-state index is 11.8. The number of likely N-dealkylation sites (tertiary alicyclic amines) is 1. The van der Waals surface area contributed by atoms with Gasteiger partial charge in [0.1, 0.15) is 0 Å². The van der Waals surface area contributed by atoms with Gasteiger partial charge in [0.25, 0.3) is 0 Å². The van der Waals surface area contributed by atoms with Crippen LogP contribution in [0.3, 0.4) is 0 Å². The predicted octanol–water partition coefficient (Wildman–Crippen LogP) is 3.68. The van der Waals surface area contributed by atoms with E-state index in [1.54, 1.807) is 0 Å². The van der Waals surface area contributed by atoms with E-state index in [0.717, 1.165) is 45.3 Å². The second-order valence-electron chi connectivity index (χ2n) is 6.54. The topological polar surface area (TPSA) is 40.5 Å². The molecule has 0 amide bonds. The van der Waals surface area contributed by atoms with Crippen LogP contribution in [0.2, 0.25) is 0 Å². The summed E-state index contributed by atoms with van der Waals surface area (Å²) in [6.07, 6.45) is 12.9. The highest BCUT2D eigenvalue weighted by Crippen LogP contribution is 2.36. The van der Waals surface area contributed by atoms with Gasteiger partial charge in [0.2, 0.25) is 0 Å². The summed E-state index contributed by atoms with van der Waals surface area (Å²) in [4.78, 5) is 14.3. The predicted molar refractivity (Wildman–Crippen MR) is 77.3 cm³/mol. The van der Waals surface area contributed by atoms with Crippen LogP contribution < -0.4 is 0 Å². The average molecular weight is 267 g/mol. The largest absolute Gasteiger partial charge is 0.481 e. The number of carbonyl (C=O) groups is 1. The zero-order chi connectivity index (χ0) is 13.6. The van der Waals surface area contributed by atoms with Gasteiger partial charge >= 0.3 is 5.97 Å². The Morgan fingerprint density at radius 1 is 0.842 bits per heavy atom. The molecule has 1 aliphatic heterocycles. The van der Waals surface area contributed by atoms with E-state index >= 15 is 0 Å². The lowest BCUT2D eigenvalue weighted by Crippen LogP contribution is -2.44. The van der Waals surface area contributed by atoms with Crippen LogP contribution >= 0.6 is 0 Å². The van der Waals surface area contributed by atoms with Gasteiger partial charge in [-0.2, -0.15) is 0 Å². The summed E-state index contributed by atoms with van der Waals surface area (Å²) in [6, 6.07) is 0. The van der Waals surface area contributed by atoms with Crippen molar-refractivity contribution in [1.29, 1.82) is 0 Å². The van der Waals surface area contributed by atoms with Gasteiger partial charge in [-0.15, -0.1) is 0 Å². The van der Waals surface area contributed by atoms with Crippen LogP contribution in [-0.4, -0.2) is 35.6 Å². The van der Waals surface area contributed by atoms with Crippen molar-refractivity contribution in [2.45, 2.75) is 70.6 Å². The van der Waals surface area contributed by atoms with E-state index in [1.807, 2.05) is 0 Å².